The molecule has 0 radical (unpaired) electrons. The Labute approximate surface area is 133 Å². The van der Waals surface area contributed by atoms with E-state index < -0.39 is 22.7 Å². The Morgan fingerprint density at radius 2 is 2.13 bits per heavy atom. The van der Waals surface area contributed by atoms with Gasteiger partial charge >= 0.3 is 0 Å². The third kappa shape index (κ3) is 2.84. The third-order valence-electron chi connectivity index (χ3n) is 4.32. The van der Waals surface area contributed by atoms with Crippen LogP contribution in [-0.2, 0) is 4.79 Å². The van der Waals surface area contributed by atoms with Gasteiger partial charge in [-0.3, -0.25) is 19.9 Å². The highest BCUT2D eigenvalue weighted by Crippen LogP contribution is 2.43. The largest absolute Gasteiger partial charge is 0.485 e. The number of aliphatic hydroxyl groups excluding tert-OH is 1. The number of aliphatic hydroxyl groups is 1. The van der Waals surface area contributed by atoms with E-state index in [0.29, 0.717) is 24.2 Å². The van der Waals surface area contributed by atoms with E-state index in [-0.39, 0.29) is 17.9 Å². The van der Waals surface area contributed by atoms with Crippen molar-refractivity contribution in [3.05, 3.63) is 33.9 Å². The number of fused-ring (bicyclic) bond motifs is 1. The molecule has 2 aliphatic rings. The molecule has 1 aliphatic heterocycles. The van der Waals surface area contributed by atoms with E-state index in [1.165, 1.54) is 18.2 Å². The summed E-state index contributed by atoms with van der Waals surface area (Å²) in [7, 11) is 0. The van der Waals surface area contributed by atoms with Gasteiger partial charge in [0.2, 0.25) is 0 Å². The average Bonchev–Trinajstić information content (AvgIpc) is 2.88. The average molecular weight is 318 g/mol. The quantitative estimate of drug-likeness (QED) is 0.666. The third-order valence-corrected chi connectivity index (χ3v) is 4.32. The van der Waals surface area contributed by atoms with Gasteiger partial charge in [0.1, 0.15) is 29.3 Å². The summed E-state index contributed by atoms with van der Waals surface area (Å²) >= 11 is 0. The first-order chi connectivity index (χ1) is 10.8. The van der Waals surface area contributed by atoms with Gasteiger partial charge in [0, 0.05) is 36.2 Å². The van der Waals surface area contributed by atoms with Crippen LogP contribution in [0.15, 0.2) is 23.2 Å². The molecule has 1 aliphatic carbocycles. The molecule has 1 saturated carbocycles. The van der Waals surface area contributed by atoms with Gasteiger partial charge in [-0.05, 0) is 26.3 Å². The van der Waals surface area contributed by atoms with Crippen LogP contribution in [0, 0.1) is 10.1 Å². The number of nitro benzene ring substituents is 1. The molecule has 0 saturated heterocycles. The number of carbonyl (C=O) groups excluding carboxylic acids is 1. The molecule has 3 rings (SSSR count). The summed E-state index contributed by atoms with van der Waals surface area (Å²) in [6.45, 7) is 3.49. The minimum Gasteiger partial charge on any atom is -0.485 e. The zero-order valence-corrected chi connectivity index (χ0v) is 13.0. The molecule has 1 aromatic carbocycles. The Morgan fingerprint density at radius 3 is 2.74 bits per heavy atom. The lowest BCUT2D eigenvalue weighted by Crippen LogP contribution is -2.48. The lowest BCUT2D eigenvalue weighted by Gasteiger charge is -2.40. The summed E-state index contributed by atoms with van der Waals surface area (Å²) in [5, 5.41) is 21.6. The lowest BCUT2D eigenvalue weighted by atomic mass is 9.86. The number of benzene rings is 1. The first-order valence-electron chi connectivity index (χ1n) is 7.50. The van der Waals surface area contributed by atoms with E-state index in [4.69, 9.17) is 4.74 Å². The smallest absolute Gasteiger partial charge is 0.270 e. The Kier molecular flexibility index (Phi) is 3.68. The van der Waals surface area contributed by atoms with Crippen LogP contribution in [0.2, 0.25) is 0 Å². The first-order valence-corrected chi connectivity index (χ1v) is 7.50. The fourth-order valence-electron chi connectivity index (χ4n) is 3.00. The van der Waals surface area contributed by atoms with Gasteiger partial charge < -0.3 is 9.84 Å². The highest BCUT2D eigenvalue weighted by atomic mass is 16.6. The first kappa shape index (κ1) is 15.6. The number of ether oxygens (including phenoxy) is 1. The Balaban J connectivity index is 2.07. The second kappa shape index (κ2) is 5.42. The maximum absolute atomic E-state index is 11.4. The van der Waals surface area contributed by atoms with Crippen LogP contribution in [0.5, 0.6) is 5.75 Å². The van der Waals surface area contributed by atoms with E-state index in [9.17, 15) is 20.0 Å². The molecule has 7 nitrogen and oxygen atoms in total. The van der Waals surface area contributed by atoms with E-state index in [2.05, 4.69) is 4.99 Å². The number of non-ortho nitro benzene ring substituents is 1. The number of rotatable bonds is 2. The SMILES string of the molecule is CC1(C)Oc2ccc([N+](=O)[O-])cc2[C@H](N=C2CCC(=O)C2)[C@H]1O. The van der Waals surface area contributed by atoms with Gasteiger partial charge in [-0.25, -0.2) is 0 Å². The molecule has 1 heterocycles. The normalized spacial score (nSPS) is 27.6. The second-order valence-electron chi connectivity index (χ2n) is 6.49. The fourth-order valence-corrected chi connectivity index (χ4v) is 3.00. The highest BCUT2D eigenvalue weighted by Gasteiger charge is 2.43. The maximum Gasteiger partial charge on any atom is 0.270 e. The van der Waals surface area contributed by atoms with E-state index in [0.717, 1.165) is 5.71 Å². The number of aliphatic imine (C=N–C) groups is 1. The van der Waals surface area contributed by atoms with Crippen molar-refractivity contribution in [2.24, 2.45) is 4.99 Å². The number of carbonyl (C=O) groups is 1. The number of hydrogen-bond donors (Lipinski definition) is 1. The van der Waals surface area contributed by atoms with Gasteiger partial charge in [0.05, 0.1) is 4.92 Å². The maximum atomic E-state index is 11.4. The van der Waals surface area contributed by atoms with Gasteiger partial charge in [-0.2, -0.15) is 0 Å². The molecule has 7 heteroatoms. The minimum atomic E-state index is -0.958. The standard InChI is InChI=1S/C16H18N2O5/c1-16(2)15(20)14(17-9-3-5-11(19)7-9)12-8-10(18(21)22)4-6-13(12)23-16/h4,6,8,14-15,20H,3,5,7H2,1-2H3/t14-,15+/m0/s1. The number of nitro groups is 1. The molecule has 1 N–H and O–H groups in total. The van der Waals surface area contributed by atoms with Crippen molar-refractivity contribution < 1.29 is 19.6 Å². The van der Waals surface area contributed by atoms with Gasteiger partial charge in [0.25, 0.3) is 5.69 Å². The van der Waals surface area contributed by atoms with Crippen LogP contribution in [0.3, 0.4) is 0 Å². The molecule has 1 aromatic rings. The van der Waals surface area contributed by atoms with Crippen LogP contribution in [0.4, 0.5) is 5.69 Å². The van der Waals surface area contributed by atoms with Crippen molar-refractivity contribution in [3.63, 3.8) is 0 Å². The highest BCUT2D eigenvalue weighted by molar-refractivity contribution is 6.08. The van der Waals surface area contributed by atoms with E-state index >= 15 is 0 Å². The topological polar surface area (TPSA) is 102 Å². The zero-order chi connectivity index (χ0) is 16.8. The molecule has 23 heavy (non-hydrogen) atoms. The molecule has 2 atom stereocenters. The Bertz CT molecular complexity index is 710. The Hall–Kier alpha value is -2.28. The van der Waals surface area contributed by atoms with Crippen molar-refractivity contribution >= 4 is 17.2 Å². The summed E-state index contributed by atoms with van der Waals surface area (Å²) in [6.07, 6.45) is 0.367. The molecule has 0 bridgehead atoms. The Morgan fingerprint density at radius 1 is 1.39 bits per heavy atom. The van der Waals surface area contributed by atoms with Crippen molar-refractivity contribution in [1.29, 1.82) is 0 Å². The fraction of sp³-hybridized carbons (Fsp3) is 0.500. The minimum absolute atomic E-state index is 0.0769. The van der Waals surface area contributed by atoms with Gasteiger partial charge in [0.15, 0.2) is 0 Å². The molecule has 0 amide bonds. The zero-order valence-electron chi connectivity index (χ0n) is 13.0. The molecule has 1 fully saturated rings. The van der Waals surface area contributed by atoms with Crippen molar-refractivity contribution in [1.82, 2.24) is 0 Å². The summed E-state index contributed by atoms with van der Waals surface area (Å²) in [4.78, 5) is 26.5. The van der Waals surface area contributed by atoms with Crippen LogP contribution in [-0.4, -0.2) is 33.2 Å². The van der Waals surface area contributed by atoms with Crippen LogP contribution in [0.25, 0.3) is 0 Å². The van der Waals surface area contributed by atoms with E-state index in [1.807, 2.05) is 0 Å². The number of Topliss-reactive ketones (excluding diaryl/α,β-unsaturated/α-hetero) is 1. The van der Waals surface area contributed by atoms with Crippen LogP contribution >= 0.6 is 0 Å². The molecule has 0 unspecified atom stereocenters. The molecular formula is C16H18N2O5. The predicted octanol–water partition coefficient (Wildman–Crippen LogP) is 2.36. The van der Waals surface area contributed by atoms with E-state index in [1.54, 1.807) is 13.8 Å². The molecule has 122 valence electrons. The monoisotopic (exact) mass is 318 g/mol. The van der Waals surface area contributed by atoms with Crippen LogP contribution < -0.4 is 4.74 Å². The van der Waals surface area contributed by atoms with Crippen LogP contribution in [0.1, 0.15) is 44.7 Å². The molecule has 0 aromatic heterocycles. The van der Waals surface area contributed by atoms with Gasteiger partial charge in [-0.1, -0.05) is 0 Å². The lowest BCUT2D eigenvalue weighted by molar-refractivity contribution is -0.385. The predicted molar refractivity (Wildman–Crippen MR) is 82.8 cm³/mol. The van der Waals surface area contributed by atoms with Crippen molar-refractivity contribution in [2.75, 3.05) is 0 Å². The van der Waals surface area contributed by atoms with Crippen molar-refractivity contribution in [2.45, 2.75) is 50.9 Å². The molecule has 0 spiro atoms. The summed E-state index contributed by atoms with van der Waals surface area (Å²) in [5.74, 6) is 0.605. The number of nitrogens with zero attached hydrogens (tertiary/aromatic N) is 2. The summed E-state index contributed by atoms with van der Waals surface area (Å²) in [6, 6.07) is 3.62. The summed E-state index contributed by atoms with van der Waals surface area (Å²) < 4.78 is 5.77. The number of hydrogen-bond acceptors (Lipinski definition) is 6. The second-order valence-corrected chi connectivity index (χ2v) is 6.49. The summed E-state index contributed by atoms with van der Waals surface area (Å²) in [5.41, 5.74) is 0.263. The number of ketones is 1. The molecular weight excluding hydrogens is 300 g/mol. The van der Waals surface area contributed by atoms with Gasteiger partial charge in [-0.15, -0.1) is 0 Å². The van der Waals surface area contributed by atoms with Crippen molar-refractivity contribution in [3.8, 4) is 5.75 Å².